The highest BCUT2D eigenvalue weighted by Crippen LogP contribution is 1.92. The molecule has 0 aliphatic heterocycles. The summed E-state index contributed by atoms with van der Waals surface area (Å²) < 4.78 is 5.22. The Hall–Kier alpha value is -0.800. The van der Waals surface area contributed by atoms with E-state index in [4.69, 9.17) is 4.74 Å². The van der Waals surface area contributed by atoms with E-state index in [1.165, 1.54) is 5.69 Å². The number of nitrogens with one attached hydrogen (secondary N) is 2. The quantitative estimate of drug-likeness (QED) is 0.627. The van der Waals surface area contributed by atoms with Gasteiger partial charge in [0.2, 0.25) is 0 Å². The fourth-order valence-electron chi connectivity index (χ4n) is 1.14. The van der Waals surface area contributed by atoms with Gasteiger partial charge in [0.15, 0.2) is 0 Å². The highest BCUT2D eigenvalue weighted by Gasteiger charge is 1.91. The van der Waals surface area contributed by atoms with Crippen LogP contribution >= 0.6 is 0 Å². The Kier molecular flexibility index (Phi) is 5.29. The number of hydrogen-bond acceptors (Lipinski definition) is 2. The zero-order valence-electron chi connectivity index (χ0n) is 8.18. The van der Waals surface area contributed by atoms with Gasteiger partial charge in [-0.15, -0.1) is 0 Å². The third kappa shape index (κ3) is 4.70. The molecular formula is C10H18N2O. The molecule has 3 heteroatoms. The van der Waals surface area contributed by atoms with E-state index < -0.39 is 0 Å². The van der Waals surface area contributed by atoms with Crippen LogP contribution in [-0.2, 0) is 11.3 Å². The van der Waals surface area contributed by atoms with Gasteiger partial charge in [-0.05, 0) is 32.0 Å². The van der Waals surface area contributed by atoms with E-state index in [-0.39, 0.29) is 0 Å². The fraction of sp³-hybridized carbons (Fsp3) is 0.600. The second-order valence-corrected chi connectivity index (χ2v) is 2.92. The molecule has 3 nitrogen and oxygen atoms in total. The molecule has 0 atom stereocenters. The molecule has 74 valence electrons. The summed E-state index contributed by atoms with van der Waals surface area (Å²) in [4.78, 5) is 3.15. The summed E-state index contributed by atoms with van der Waals surface area (Å²) in [7, 11) is 0. The summed E-state index contributed by atoms with van der Waals surface area (Å²) in [6.07, 6.45) is 3.02. The summed E-state index contributed by atoms with van der Waals surface area (Å²) in [6, 6.07) is 4.09. The van der Waals surface area contributed by atoms with Crippen LogP contribution in [-0.4, -0.2) is 24.7 Å². The SMILES string of the molecule is CCOCCCNCc1ccc[nH]1. The molecule has 0 aliphatic rings. The topological polar surface area (TPSA) is 37.0 Å². The first-order valence-electron chi connectivity index (χ1n) is 4.84. The molecule has 0 spiro atoms. The van der Waals surface area contributed by atoms with Crippen molar-refractivity contribution in [2.24, 2.45) is 0 Å². The van der Waals surface area contributed by atoms with Gasteiger partial charge >= 0.3 is 0 Å². The Balaban J connectivity index is 1.90. The Labute approximate surface area is 79.5 Å². The molecule has 0 radical (unpaired) electrons. The predicted octanol–water partition coefficient (Wildman–Crippen LogP) is 1.53. The molecule has 0 saturated heterocycles. The molecule has 13 heavy (non-hydrogen) atoms. The maximum Gasteiger partial charge on any atom is 0.0477 e. The number of H-pyrrole nitrogens is 1. The minimum Gasteiger partial charge on any atom is -0.382 e. The summed E-state index contributed by atoms with van der Waals surface area (Å²) in [5.41, 5.74) is 1.23. The van der Waals surface area contributed by atoms with E-state index in [0.29, 0.717) is 0 Å². The van der Waals surface area contributed by atoms with E-state index >= 15 is 0 Å². The van der Waals surface area contributed by atoms with Gasteiger partial charge in [-0.25, -0.2) is 0 Å². The molecule has 0 aliphatic carbocycles. The number of rotatable bonds is 7. The van der Waals surface area contributed by atoms with Crippen LogP contribution in [0.15, 0.2) is 18.3 Å². The molecule has 0 unspecified atom stereocenters. The molecule has 0 aromatic carbocycles. The molecular weight excluding hydrogens is 164 g/mol. The van der Waals surface area contributed by atoms with Crippen molar-refractivity contribution in [3.63, 3.8) is 0 Å². The molecule has 1 aromatic heterocycles. The van der Waals surface area contributed by atoms with Crippen molar-refractivity contribution in [1.82, 2.24) is 10.3 Å². The highest BCUT2D eigenvalue weighted by molar-refractivity contribution is 5.02. The Morgan fingerprint density at radius 1 is 1.54 bits per heavy atom. The van der Waals surface area contributed by atoms with Gasteiger partial charge in [-0.2, -0.15) is 0 Å². The van der Waals surface area contributed by atoms with Crippen LogP contribution in [0.4, 0.5) is 0 Å². The van der Waals surface area contributed by atoms with E-state index in [1.54, 1.807) is 0 Å². The molecule has 0 saturated carbocycles. The van der Waals surface area contributed by atoms with Crippen LogP contribution in [0.3, 0.4) is 0 Å². The lowest BCUT2D eigenvalue weighted by molar-refractivity contribution is 0.144. The second-order valence-electron chi connectivity index (χ2n) is 2.92. The number of ether oxygens (including phenoxy) is 1. The Bertz CT molecular complexity index is 197. The fourth-order valence-corrected chi connectivity index (χ4v) is 1.14. The van der Waals surface area contributed by atoms with Gasteiger partial charge in [0.25, 0.3) is 0 Å². The number of aromatic amines is 1. The standard InChI is InChI=1S/C10H18N2O/c1-2-13-8-4-6-11-9-10-5-3-7-12-10/h3,5,7,11-12H,2,4,6,8-9H2,1H3. The van der Waals surface area contributed by atoms with Crippen LogP contribution in [0.2, 0.25) is 0 Å². The number of hydrogen-bond donors (Lipinski definition) is 2. The minimum atomic E-state index is 0.816. The van der Waals surface area contributed by atoms with Crippen molar-refractivity contribution in [3.05, 3.63) is 24.0 Å². The van der Waals surface area contributed by atoms with Crippen molar-refractivity contribution >= 4 is 0 Å². The van der Waals surface area contributed by atoms with Crippen molar-refractivity contribution in [3.8, 4) is 0 Å². The van der Waals surface area contributed by atoms with Crippen LogP contribution < -0.4 is 5.32 Å². The maximum absolute atomic E-state index is 5.22. The molecule has 1 rings (SSSR count). The molecule has 0 amide bonds. The maximum atomic E-state index is 5.22. The van der Waals surface area contributed by atoms with E-state index in [0.717, 1.165) is 32.7 Å². The first kappa shape index (κ1) is 10.3. The Morgan fingerprint density at radius 3 is 3.15 bits per heavy atom. The van der Waals surface area contributed by atoms with Crippen molar-refractivity contribution in [2.75, 3.05) is 19.8 Å². The minimum absolute atomic E-state index is 0.816. The summed E-state index contributed by atoms with van der Waals surface area (Å²) in [6.45, 7) is 5.62. The van der Waals surface area contributed by atoms with Crippen LogP contribution in [0.25, 0.3) is 0 Å². The summed E-state index contributed by atoms with van der Waals surface area (Å²) in [5, 5.41) is 3.34. The first-order valence-corrected chi connectivity index (χ1v) is 4.84. The Morgan fingerprint density at radius 2 is 2.46 bits per heavy atom. The third-order valence-electron chi connectivity index (χ3n) is 1.82. The van der Waals surface area contributed by atoms with Gasteiger partial charge in [0.1, 0.15) is 0 Å². The monoisotopic (exact) mass is 182 g/mol. The average Bonchev–Trinajstić information content (AvgIpc) is 2.63. The average molecular weight is 182 g/mol. The normalized spacial score (nSPS) is 10.5. The highest BCUT2D eigenvalue weighted by atomic mass is 16.5. The van der Waals surface area contributed by atoms with Crippen LogP contribution in [0.1, 0.15) is 19.0 Å². The van der Waals surface area contributed by atoms with E-state index in [9.17, 15) is 0 Å². The third-order valence-corrected chi connectivity index (χ3v) is 1.82. The van der Waals surface area contributed by atoms with Gasteiger partial charge in [0, 0.05) is 31.6 Å². The van der Waals surface area contributed by atoms with Gasteiger partial charge in [-0.3, -0.25) is 0 Å². The summed E-state index contributed by atoms with van der Waals surface area (Å²) >= 11 is 0. The first-order chi connectivity index (χ1) is 6.43. The zero-order chi connectivity index (χ0) is 9.36. The lowest BCUT2D eigenvalue weighted by Gasteiger charge is -2.03. The van der Waals surface area contributed by atoms with Crippen molar-refractivity contribution in [1.29, 1.82) is 0 Å². The molecule has 1 heterocycles. The summed E-state index contributed by atoms with van der Waals surface area (Å²) in [5.74, 6) is 0. The second kappa shape index (κ2) is 6.69. The van der Waals surface area contributed by atoms with E-state index in [1.807, 2.05) is 19.2 Å². The van der Waals surface area contributed by atoms with Crippen molar-refractivity contribution < 1.29 is 4.74 Å². The van der Waals surface area contributed by atoms with Crippen LogP contribution in [0.5, 0.6) is 0 Å². The zero-order valence-corrected chi connectivity index (χ0v) is 8.18. The van der Waals surface area contributed by atoms with Gasteiger partial charge in [0.05, 0.1) is 0 Å². The predicted molar refractivity (Wildman–Crippen MR) is 53.6 cm³/mol. The molecule has 0 fully saturated rings. The van der Waals surface area contributed by atoms with Crippen LogP contribution in [0, 0.1) is 0 Å². The molecule has 0 bridgehead atoms. The lowest BCUT2D eigenvalue weighted by atomic mass is 10.4. The largest absolute Gasteiger partial charge is 0.382 e. The van der Waals surface area contributed by atoms with Gasteiger partial charge < -0.3 is 15.0 Å². The smallest absolute Gasteiger partial charge is 0.0477 e. The van der Waals surface area contributed by atoms with E-state index in [2.05, 4.69) is 16.4 Å². The molecule has 1 aromatic rings. The lowest BCUT2D eigenvalue weighted by Crippen LogP contribution is -2.16. The van der Waals surface area contributed by atoms with Crippen molar-refractivity contribution in [2.45, 2.75) is 19.9 Å². The van der Waals surface area contributed by atoms with Gasteiger partial charge in [-0.1, -0.05) is 0 Å². The molecule has 2 N–H and O–H groups in total. The number of aromatic nitrogens is 1.